The van der Waals surface area contributed by atoms with Gasteiger partial charge in [0, 0.05) is 31.2 Å². The molecule has 0 N–H and O–H groups in total. The molecule has 1 saturated heterocycles. The van der Waals surface area contributed by atoms with E-state index in [1.54, 1.807) is 28.6 Å². The van der Waals surface area contributed by atoms with Gasteiger partial charge in [-0.15, -0.1) is 0 Å². The summed E-state index contributed by atoms with van der Waals surface area (Å²) >= 11 is 5.90. The summed E-state index contributed by atoms with van der Waals surface area (Å²) in [5.41, 5.74) is 2.43. The molecule has 6 heteroatoms. The summed E-state index contributed by atoms with van der Waals surface area (Å²) in [4.78, 5) is 2.65. The van der Waals surface area contributed by atoms with Crippen LogP contribution < -0.4 is 0 Å². The summed E-state index contributed by atoms with van der Waals surface area (Å²) < 4.78 is 27.5. The van der Waals surface area contributed by atoms with Gasteiger partial charge in [-0.3, -0.25) is 4.90 Å². The molecular weight excluding hydrogens is 404 g/mol. The van der Waals surface area contributed by atoms with E-state index in [0.717, 1.165) is 0 Å². The molecule has 0 bridgehead atoms. The molecule has 3 aromatic carbocycles. The Morgan fingerprint density at radius 1 is 0.690 bits per heavy atom. The number of hydrogen-bond donors (Lipinski definition) is 0. The average Bonchev–Trinajstić information content (AvgIpc) is 2.76. The van der Waals surface area contributed by atoms with Crippen molar-refractivity contribution in [2.24, 2.45) is 0 Å². The molecule has 1 heterocycles. The van der Waals surface area contributed by atoms with Gasteiger partial charge in [0.2, 0.25) is 10.0 Å². The summed E-state index contributed by atoms with van der Waals surface area (Å²) in [6.45, 7) is 2.25. The van der Waals surface area contributed by atoms with E-state index in [-0.39, 0.29) is 10.9 Å². The number of hydrogen-bond acceptors (Lipinski definition) is 3. The van der Waals surface area contributed by atoms with Crippen LogP contribution in [0.2, 0.25) is 5.02 Å². The molecule has 0 unspecified atom stereocenters. The second-order valence-corrected chi connectivity index (χ2v) is 9.49. The Balaban J connectivity index is 1.55. The molecule has 1 aliphatic rings. The van der Waals surface area contributed by atoms with Gasteiger partial charge in [0.25, 0.3) is 0 Å². The number of nitrogens with zero attached hydrogens (tertiary/aromatic N) is 2. The summed E-state index contributed by atoms with van der Waals surface area (Å²) in [6, 6.07) is 27.2. The van der Waals surface area contributed by atoms with Crippen LogP contribution >= 0.6 is 11.6 Å². The van der Waals surface area contributed by atoms with Crippen molar-refractivity contribution in [2.45, 2.75) is 10.9 Å². The zero-order valence-electron chi connectivity index (χ0n) is 16.0. The third kappa shape index (κ3) is 4.38. The number of benzene rings is 3. The lowest BCUT2D eigenvalue weighted by Crippen LogP contribution is -2.49. The molecule has 0 aliphatic carbocycles. The molecule has 1 aliphatic heterocycles. The minimum absolute atomic E-state index is 0.109. The van der Waals surface area contributed by atoms with Crippen LogP contribution in [0.5, 0.6) is 0 Å². The standard InChI is InChI=1S/C23H23ClN2O2S/c24-21-11-13-22(14-12-21)29(27,28)26-17-15-25(16-18-26)23(19-7-3-1-4-8-19)20-9-5-2-6-10-20/h1-14,23H,15-18H2. The van der Waals surface area contributed by atoms with E-state index < -0.39 is 10.0 Å². The van der Waals surface area contributed by atoms with Crippen LogP contribution in [-0.4, -0.2) is 43.8 Å². The average molecular weight is 427 g/mol. The molecule has 4 nitrogen and oxygen atoms in total. The third-order valence-corrected chi connectivity index (χ3v) is 7.49. The summed E-state index contributed by atoms with van der Waals surface area (Å²) in [6.07, 6.45) is 0. The smallest absolute Gasteiger partial charge is 0.243 e. The van der Waals surface area contributed by atoms with Gasteiger partial charge >= 0.3 is 0 Å². The van der Waals surface area contributed by atoms with Gasteiger partial charge in [-0.2, -0.15) is 4.31 Å². The van der Waals surface area contributed by atoms with Crippen molar-refractivity contribution in [1.82, 2.24) is 9.21 Å². The molecule has 1 fully saturated rings. The van der Waals surface area contributed by atoms with Crippen molar-refractivity contribution in [3.8, 4) is 0 Å². The molecule has 3 aromatic rings. The summed E-state index contributed by atoms with van der Waals surface area (Å²) in [5, 5.41) is 0.530. The summed E-state index contributed by atoms with van der Waals surface area (Å²) in [7, 11) is -3.51. The normalized spacial score (nSPS) is 16.2. The molecule has 0 aromatic heterocycles. The first-order valence-corrected chi connectivity index (χ1v) is 11.5. The number of halogens is 1. The van der Waals surface area contributed by atoms with E-state index in [0.29, 0.717) is 31.2 Å². The van der Waals surface area contributed by atoms with E-state index in [1.165, 1.54) is 11.1 Å². The Labute approximate surface area is 177 Å². The van der Waals surface area contributed by atoms with Crippen molar-refractivity contribution >= 4 is 21.6 Å². The van der Waals surface area contributed by atoms with Crippen LogP contribution in [-0.2, 0) is 10.0 Å². The highest BCUT2D eigenvalue weighted by Gasteiger charge is 2.32. The van der Waals surface area contributed by atoms with Crippen LogP contribution in [0, 0.1) is 0 Å². The van der Waals surface area contributed by atoms with Crippen molar-refractivity contribution in [3.05, 3.63) is 101 Å². The van der Waals surface area contributed by atoms with Crippen molar-refractivity contribution in [1.29, 1.82) is 0 Å². The van der Waals surface area contributed by atoms with E-state index >= 15 is 0 Å². The summed E-state index contributed by atoms with van der Waals surface area (Å²) in [5.74, 6) is 0. The maximum atomic E-state index is 13.0. The van der Waals surface area contributed by atoms with Gasteiger partial charge in [-0.1, -0.05) is 72.3 Å². The Bertz CT molecular complexity index is 994. The van der Waals surface area contributed by atoms with E-state index in [9.17, 15) is 8.42 Å². The van der Waals surface area contributed by atoms with Crippen LogP contribution in [0.15, 0.2) is 89.8 Å². The first-order valence-electron chi connectivity index (χ1n) is 9.65. The van der Waals surface area contributed by atoms with E-state index in [4.69, 9.17) is 11.6 Å². The van der Waals surface area contributed by atoms with Crippen molar-refractivity contribution in [3.63, 3.8) is 0 Å². The highest BCUT2D eigenvalue weighted by atomic mass is 35.5. The molecular formula is C23H23ClN2O2S. The van der Waals surface area contributed by atoms with Crippen LogP contribution in [0.4, 0.5) is 0 Å². The molecule has 29 heavy (non-hydrogen) atoms. The van der Waals surface area contributed by atoms with Crippen LogP contribution in [0.25, 0.3) is 0 Å². The molecule has 0 spiro atoms. The van der Waals surface area contributed by atoms with Crippen LogP contribution in [0.1, 0.15) is 17.2 Å². The topological polar surface area (TPSA) is 40.6 Å². The lowest BCUT2D eigenvalue weighted by molar-refractivity contribution is 0.156. The zero-order chi connectivity index (χ0) is 20.3. The van der Waals surface area contributed by atoms with Crippen molar-refractivity contribution in [2.75, 3.05) is 26.2 Å². The van der Waals surface area contributed by atoms with Crippen molar-refractivity contribution < 1.29 is 8.42 Å². The minimum Gasteiger partial charge on any atom is -0.290 e. The molecule has 0 atom stereocenters. The number of piperazine rings is 1. The molecule has 0 amide bonds. The number of sulfonamides is 1. The second-order valence-electron chi connectivity index (χ2n) is 7.12. The fraction of sp³-hybridized carbons (Fsp3) is 0.217. The third-order valence-electron chi connectivity index (χ3n) is 5.32. The lowest BCUT2D eigenvalue weighted by Gasteiger charge is -2.39. The largest absolute Gasteiger partial charge is 0.290 e. The second kappa shape index (κ2) is 8.67. The molecule has 150 valence electrons. The minimum atomic E-state index is -3.51. The zero-order valence-corrected chi connectivity index (χ0v) is 17.6. The maximum Gasteiger partial charge on any atom is 0.243 e. The van der Waals surface area contributed by atoms with Gasteiger partial charge in [-0.25, -0.2) is 8.42 Å². The Morgan fingerprint density at radius 2 is 1.17 bits per heavy atom. The predicted octanol–water partition coefficient (Wildman–Crippen LogP) is 4.44. The molecule has 0 saturated carbocycles. The van der Waals surface area contributed by atoms with E-state index in [1.807, 2.05) is 36.4 Å². The van der Waals surface area contributed by atoms with Gasteiger partial charge < -0.3 is 0 Å². The molecule has 0 radical (unpaired) electrons. The Kier molecular flexibility index (Phi) is 6.01. The highest BCUT2D eigenvalue weighted by molar-refractivity contribution is 7.89. The first-order chi connectivity index (χ1) is 14.1. The fourth-order valence-electron chi connectivity index (χ4n) is 3.84. The Hall–Kier alpha value is -2.18. The lowest BCUT2D eigenvalue weighted by atomic mass is 9.96. The van der Waals surface area contributed by atoms with Crippen LogP contribution in [0.3, 0.4) is 0 Å². The maximum absolute atomic E-state index is 13.0. The van der Waals surface area contributed by atoms with E-state index in [2.05, 4.69) is 29.2 Å². The highest BCUT2D eigenvalue weighted by Crippen LogP contribution is 2.30. The fourth-order valence-corrected chi connectivity index (χ4v) is 5.39. The molecule has 4 rings (SSSR count). The Morgan fingerprint density at radius 3 is 1.66 bits per heavy atom. The monoisotopic (exact) mass is 426 g/mol. The number of rotatable bonds is 5. The quantitative estimate of drug-likeness (QED) is 0.605. The van der Waals surface area contributed by atoms with Gasteiger partial charge in [0.05, 0.1) is 10.9 Å². The van der Waals surface area contributed by atoms with Gasteiger partial charge in [-0.05, 0) is 35.4 Å². The first kappa shape index (κ1) is 20.1. The van der Waals surface area contributed by atoms with Gasteiger partial charge in [0.15, 0.2) is 0 Å². The predicted molar refractivity (Wildman–Crippen MR) is 117 cm³/mol. The van der Waals surface area contributed by atoms with Gasteiger partial charge in [0.1, 0.15) is 0 Å². The SMILES string of the molecule is O=S(=O)(c1ccc(Cl)cc1)N1CCN(C(c2ccccc2)c2ccccc2)CC1.